The normalized spacial score (nSPS) is 16.4. The van der Waals surface area contributed by atoms with Crippen LogP contribution in [-0.2, 0) is 10.3 Å². The van der Waals surface area contributed by atoms with Gasteiger partial charge in [-0.15, -0.1) is 0 Å². The van der Waals surface area contributed by atoms with Gasteiger partial charge >= 0.3 is 0 Å². The second-order valence-electron chi connectivity index (χ2n) is 4.28. The molecule has 0 heterocycles. The lowest BCUT2D eigenvalue weighted by molar-refractivity contribution is 0.241. The van der Waals surface area contributed by atoms with Crippen LogP contribution in [0.3, 0.4) is 0 Å². The highest BCUT2D eigenvalue weighted by atomic mass is 19.1. The zero-order valence-corrected chi connectivity index (χ0v) is 10.3. The van der Waals surface area contributed by atoms with Gasteiger partial charge in [0, 0.05) is 11.6 Å². The summed E-state index contributed by atoms with van der Waals surface area (Å²) in [6.45, 7) is 0. The Morgan fingerprint density at radius 2 is 2.06 bits per heavy atom. The fourth-order valence-electron chi connectivity index (χ4n) is 2.32. The highest BCUT2D eigenvalue weighted by Gasteiger charge is 2.42. The van der Waals surface area contributed by atoms with Gasteiger partial charge in [0.05, 0.1) is 14.2 Å². The molecule has 1 saturated carbocycles. The number of hydrogen-bond donors (Lipinski definition) is 0. The molecule has 1 aromatic carbocycles. The summed E-state index contributed by atoms with van der Waals surface area (Å²) in [5.41, 5.74) is -0.154. The number of isocyanates is 1. The Morgan fingerprint density at radius 3 is 2.50 bits per heavy atom. The van der Waals surface area contributed by atoms with Gasteiger partial charge in [-0.05, 0) is 25.3 Å². The lowest BCUT2D eigenvalue weighted by atomic mass is 9.72. The first-order valence-electron chi connectivity index (χ1n) is 5.68. The maximum atomic E-state index is 13.6. The van der Waals surface area contributed by atoms with Crippen molar-refractivity contribution in [1.82, 2.24) is 0 Å². The van der Waals surface area contributed by atoms with Gasteiger partial charge in [-0.1, -0.05) is 0 Å². The molecule has 1 aliphatic carbocycles. The van der Waals surface area contributed by atoms with E-state index in [4.69, 9.17) is 9.47 Å². The summed E-state index contributed by atoms with van der Waals surface area (Å²) >= 11 is 0. The lowest BCUT2D eigenvalue weighted by Crippen LogP contribution is -2.32. The number of halogens is 1. The quantitative estimate of drug-likeness (QED) is 0.610. The molecule has 1 aliphatic rings. The van der Waals surface area contributed by atoms with Crippen molar-refractivity contribution in [2.24, 2.45) is 4.99 Å². The first-order valence-corrected chi connectivity index (χ1v) is 5.68. The van der Waals surface area contributed by atoms with Crippen LogP contribution in [0.1, 0.15) is 24.8 Å². The molecule has 1 aromatic rings. The minimum atomic E-state index is -0.706. The zero-order valence-electron chi connectivity index (χ0n) is 10.3. The van der Waals surface area contributed by atoms with Gasteiger partial charge in [0.1, 0.15) is 11.4 Å². The number of carbonyl (C=O) groups excluding carboxylic acids is 1. The van der Waals surface area contributed by atoms with Crippen molar-refractivity contribution < 1.29 is 18.7 Å². The highest BCUT2D eigenvalue weighted by molar-refractivity contribution is 5.52. The van der Waals surface area contributed by atoms with Crippen molar-refractivity contribution >= 4 is 6.08 Å². The first-order chi connectivity index (χ1) is 8.66. The molecule has 2 rings (SSSR count). The van der Waals surface area contributed by atoms with E-state index >= 15 is 0 Å². The van der Waals surface area contributed by atoms with E-state index in [0.717, 1.165) is 6.42 Å². The highest BCUT2D eigenvalue weighted by Crippen LogP contribution is 2.50. The van der Waals surface area contributed by atoms with Crippen molar-refractivity contribution in [2.45, 2.75) is 24.8 Å². The summed E-state index contributed by atoms with van der Waals surface area (Å²) in [6, 6.07) is 2.60. The van der Waals surface area contributed by atoms with E-state index in [-0.39, 0.29) is 0 Å². The molecule has 0 saturated heterocycles. The van der Waals surface area contributed by atoms with E-state index in [0.29, 0.717) is 29.9 Å². The molecule has 0 aromatic heterocycles. The van der Waals surface area contributed by atoms with E-state index in [1.165, 1.54) is 26.4 Å². The van der Waals surface area contributed by atoms with E-state index in [2.05, 4.69) is 4.99 Å². The van der Waals surface area contributed by atoms with Crippen LogP contribution in [0.2, 0.25) is 0 Å². The molecule has 0 amide bonds. The SMILES string of the molecule is COc1cc(F)cc(C2(N=C=O)CCC2)c1OC. The first kappa shape index (κ1) is 12.6. The molecular formula is C13H14FNO3. The number of nitrogens with zero attached hydrogens (tertiary/aromatic N) is 1. The van der Waals surface area contributed by atoms with Gasteiger partial charge in [-0.3, -0.25) is 0 Å². The summed E-state index contributed by atoms with van der Waals surface area (Å²) < 4.78 is 23.9. The Labute approximate surface area is 104 Å². The molecule has 0 aliphatic heterocycles. The maximum absolute atomic E-state index is 13.6. The van der Waals surface area contributed by atoms with Gasteiger partial charge < -0.3 is 9.47 Å². The van der Waals surface area contributed by atoms with Gasteiger partial charge in [-0.2, -0.15) is 4.99 Å². The van der Waals surface area contributed by atoms with Crippen LogP contribution in [-0.4, -0.2) is 20.3 Å². The third-order valence-electron chi connectivity index (χ3n) is 3.39. The Hall–Kier alpha value is -1.87. The van der Waals surface area contributed by atoms with Crippen LogP contribution in [0.15, 0.2) is 17.1 Å². The Morgan fingerprint density at radius 1 is 1.33 bits per heavy atom. The summed E-state index contributed by atoms with van der Waals surface area (Å²) in [7, 11) is 2.92. The fraction of sp³-hybridized carbons (Fsp3) is 0.462. The zero-order chi connectivity index (χ0) is 13.2. The Bertz CT molecular complexity index is 505. The van der Waals surface area contributed by atoms with E-state index < -0.39 is 11.4 Å². The number of aliphatic imine (C=N–C) groups is 1. The van der Waals surface area contributed by atoms with Crippen molar-refractivity contribution in [1.29, 1.82) is 0 Å². The lowest BCUT2D eigenvalue weighted by Gasteiger charge is -2.38. The van der Waals surface area contributed by atoms with Crippen LogP contribution in [0.5, 0.6) is 11.5 Å². The summed E-state index contributed by atoms with van der Waals surface area (Å²) in [5.74, 6) is 0.299. The molecule has 4 nitrogen and oxygen atoms in total. The summed E-state index contributed by atoms with van der Waals surface area (Å²) in [5, 5.41) is 0. The number of hydrogen-bond acceptors (Lipinski definition) is 4. The van der Waals surface area contributed by atoms with Gasteiger partial charge in [0.2, 0.25) is 6.08 Å². The molecule has 0 radical (unpaired) electrons. The van der Waals surface area contributed by atoms with Gasteiger partial charge in [-0.25, -0.2) is 9.18 Å². The monoisotopic (exact) mass is 251 g/mol. The smallest absolute Gasteiger partial charge is 0.235 e. The number of methoxy groups -OCH3 is 2. The van der Waals surface area contributed by atoms with Gasteiger partial charge in [0.15, 0.2) is 11.5 Å². The van der Waals surface area contributed by atoms with Crippen LogP contribution >= 0.6 is 0 Å². The summed E-state index contributed by atoms with van der Waals surface area (Å²) in [6.07, 6.45) is 3.88. The predicted molar refractivity (Wildman–Crippen MR) is 63.2 cm³/mol. The van der Waals surface area contributed by atoms with Gasteiger partial charge in [0.25, 0.3) is 0 Å². The van der Waals surface area contributed by atoms with Crippen LogP contribution in [0.25, 0.3) is 0 Å². The van der Waals surface area contributed by atoms with Crippen molar-refractivity contribution in [2.75, 3.05) is 14.2 Å². The molecule has 0 bridgehead atoms. The standard InChI is InChI=1S/C13H14FNO3/c1-17-11-7-9(14)6-10(12(11)18-2)13(15-8-16)4-3-5-13/h6-7H,3-5H2,1-2H3. The van der Waals surface area contributed by atoms with E-state index in [1.54, 1.807) is 6.08 Å². The minimum Gasteiger partial charge on any atom is -0.493 e. The topological polar surface area (TPSA) is 47.9 Å². The second kappa shape index (κ2) is 4.78. The van der Waals surface area contributed by atoms with Crippen molar-refractivity contribution in [3.8, 4) is 11.5 Å². The average molecular weight is 251 g/mol. The van der Waals surface area contributed by atoms with Crippen molar-refractivity contribution in [3.63, 3.8) is 0 Å². The molecular weight excluding hydrogens is 237 g/mol. The molecule has 0 N–H and O–H groups in total. The molecule has 5 heteroatoms. The van der Waals surface area contributed by atoms with Crippen LogP contribution in [0, 0.1) is 5.82 Å². The van der Waals surface area contributed by atoms with Crippen molar-refractivity contribution in [3.05, 3.63) is 23.5 Å². The molecule has 0 spiro atoms. The second-order valence-corrected chi connectivity index (χ2v) is 4.28. The molecule has 18 heavy (non-hydrogen) atoms. The van der Waals surface area contributed by atoms with Crippen LogP contribution < -0.4 is 9.47 Å². The maximum Gasteiger partial charge on any atom is 0.235 e. The molecule has 0 unspecified atom stereocenters. The Balaban J connectivity index is 2.61. The summed E-state index contributed by atoms with van der Waals surface area (Å²) in [4.78, 5) is 14.4. The Kier molecular flexibility index (Phi) is 3.34. The third-order valence-corrected chi connectivity index (χ3v) is 3.39. The minimum absolute atomic E-state index is 0.305. The fourth-order valence-corrected chi connectivity index (χ4v) is 2.32. The number of rotatable bonds is 4. The largest absolute Gasteiger partial charge is 0.493 e. The molecule has 0 atom stereocenters. The predicted octanol–water partition coefficient (Wildman–Crippen LogP) is 2.56. The van der Waals surface area contributed by atoms with Crippen LogP contribution in [0.4, 0.5) is 4.39 Å². The van der Waals surface area contributed by atoms with E-state index in [9.17, 15) is 9.18 Å². The average Bonchev–Trinajstić information content (AvgIpc) is 2.32. The molecule has 1 fully saturated rings. The number of benzene rings is 1. The molecule has 96 valence electrons. The number of ether oxygens (including phenoxy) is 2. The van der Waals surface area contributed by atoms with E-state index in [1.807, 2.05) is 0 Å². The third kappa shape index (κ3) is 1.87.